The summed E-state index contributed by atoms with van der Waals surface area (Å²) in [6.45, 7) is 0. The third-order valence-corrected chi connectivity index (χ3v) is 3.89. The molecule has 3 rings (SSSR count). The molecule has 0 amide bonds. The third-order valence-electron chi connectivity index (χ3n) is 3.89. The quantitative estimate of drug-likeness (QED) is 0.610. The van der Waals surface area contributed by atoms with E-state index in [0.29, 0.717) is 0 Å². The molecule has 0 unspecified atom stereocenters. The number of carbonyl (C=O) groups excluding carboxylic acids is 1. The highest BCUT2D eigenvalue weighted by Crippen LogP contribution is 2.21. The zero-order valence-electron chi connectivity index (χ0n) is 15.0. The van der Waals surface area contributed by atoms with E-state index in [2.05, 4.69) is 4.99 Å². The topological polar surface area (TPSA) is 51.1 Å². The van der Waals surface area contributed by atoms with Crippen molar-refractivity contribution in [1.82, 2.24) is 0 Å². The fourth-order valence-electron chi connectivity index (χ4n) is 2.49. The molecule has 2 aromatic carbocycles. The van der Waals surface area contributed by atoms with Gasteiger partial charge in [0.25, 0.3) is 0 Å². The molecule has 0 aliphatic carbocycles. The van der Waals surface area contributed by atoms with Crippen LogP contribution in [-0.4, -0.2) is 33.1 Å². The summed E-state index contributed by atoms with van der Waals surface area (Å²) in [5, 5.41) is 0. The van der Waals surface area contributed by atoms with Crippen LogP contribution >= 0.6 is 0 Å². The van der Waals surface area contributed by atoms with Gasteiger partial charge in [-0.1, -0.05) is 30.3 Å². The minimum Gasteiger partial charge on any atom is -0.496 e. The van der Waals surface area contributed by atoms with Crippen LogP contribution in [0.3, 0.4) is 0 Å². The second-order valence-electron chi connectivity index (χ2n) is 5.93. The smallest absolute Gasteiger partial charge is 0.363 e. The van der Waals surface area contributed by atoms with Gasteiger partial charge in [-0.05, 0) is 35.9 Å². The van der Waals surface area contributed by atoms with Crippen LogP contribution in [0.5, 0.6) is 5.75 Å². The number of anilines is 1. The number of hydrogen-bond acceptors (Lipinski definition) is 5. The van der Waals surface area contributed by atoms with E-state index >= 15 is 0 Å². The summed E-state index contributed by atoms with van der Waals surface area (Å²) in [5.41, 5.74) is 3.14. The molecule has 1 aliphatic heterocycles. The molecule has 0 radical (unpaired) electrons. The summed E-state index contributed by atoms with van der Waals surface area (Å²) in [6.07, 6.45) is 5.18. The lowest BCUT2D eigenvalue weighted by atomic mass is 10.1. The van der Waals surface area contributed by atoms with E-state index in [9.17, 15) is 4.79 Å². The third kappa shape index (κ3) is 4.00. The van der Waals surface area contributed by atoms with Gasteiger partial charge >= 0.3 is 5.97 Å². The molecule has 1 heterocycles. The van der Waals surface area contributed by atoms with E-state index < -0.39 is 5.97 Å². The molecule has 26 heavy (non-hydrogen) atoms. The van der Waals surface area contributed by atoms with Gasteiger partial charge < -0.3 is 14.4 Å². The van der Waals surface area contributed by atoms with E-state index in [1.165, 1.54) is 0 Å². The number of benzene rings is 2. The molecule has 0 spiro atoms. The molecule has 0 bridgehead atoms. The zero-order valence-corrected chi connectivity index (χ0v) is 15.0. The van der Waals surface area contributed by atoms with Crippen molar-refractivity contribution >= 4 is 29.7 Å². The van der Waals surface area contributed by atoms with E-state index in [4.69, 9.17) is 9.47 Å². The summed E-state index contributed by atoms with van der Waals surface area (Å²) >= 11 is 0. The lowest BCUT2D eigenvalue weighted by Crippen LogP contribution is -2.07. The minimum absolute atomic E-state index is 0.261. The van der Waals surface area contributed by atoms with Crippen LogP contribution in [0.2, 0.25) is 0 Å². The Morgan fingerprint density at radius 1 is 1.04 bits per heavy atom. The SMILES string of the molecule is COc1ccccc1/C=C/C1=NC(=C/c2ccc(N(C)C)cc2)/C(=O)O1. The number of nitrogens with zero attached hydrogens (tertiary/aromatic N) is 2. The average Bonchev–Trinajstić information content (AvgIpc) is 3.00. The fourth-order valence-corrected chi connectivity index (χ4v) is 2.49. The maximum atomic E-state index is 12.0. The summed E-state index contributed by atoms with van der Waals surface area (Å²) in [4.78, 5) is 18.3. The molecule has 0 aromatic heterocycles. The number of cyclic esters (lactones) is 1. The maximum Gasteiger partial charge on any atom is 0.363 e. The van der Waals surface area contributed by atoms with Crippen LogP contribution in [0.1, 0.15) is 11.1 Å². The standard InChI is InChI=1S/C21H20N2O3/c1-23(2)17-11-8-15(9-12-17)14-18-21(24)26-20(22-18)13-10-16-6-4-5-7-19(16)25-3/h4-14H,1-3H3/b13-10+,18-14+. The van der Waals surface area contributed by atoms with Crippen molar-refractivity contribution in [2.24, 2.45) is 4.99 Å². The summed E-state index contributed by atoms with van der Waals surface area (Å²) in [5.74, 6) is 0.545. The largest absolute Gasteiger partial charge is 0.496 e. The first-order valence-electron chi connectivity index (χ1n) is 8.18. The van der Waals surface area contributed by atoms with Crippen LogP contribution in [0, 0.1) is 0 Å². The lowest BCUT2D eigenvalue weighted by molar-refractivity contribution is -0.129. The van der Waals surface area contributed by atoms with Gasteiger partial charge in [0.15, 0.2) is 5.70 Å². The molecule has 0 fully saturated rings. The van der Waals surface area contributed by atoms with E-state index in [-0.39, 0.29) is 11.6 Å². The van der Waals surface area contributed by atoms with Crippen molar-refractivity contribution in [2.45, 2.75) is 0 Å². The van der Waals surface area contributed by atoms with Gasteiger partial charge in [-0.25, -0.2) is 9.79 Å². The molecule has 0 saturated carbocycles. The number of esters is 1. The summed E-state index contributed by atoms with van der Waals surface area (Å²) in [7, 11) is 5.57. The van der Waals surface area contributed by atoms with Crippen molar-refractivity contribution in [3.8, 4) is 5.75 Å². The number of ether oxygens (including phenoxy) is 2. The zero-order chi connectivity index (χ0) is 18.5. The Kier molecular flexibility index (Phi) is 5.17. The molecule has 5 heteroatoms. The van der Waals surface area contributed by atoms with Gasteiger partial charge in [-0.3, -0.25) is 0 Å². The Morgan fingerprint density at radius 3 is 2.46 bits per heavy atom. The molecule has 132 valence electrons. The first-order chi connectivity index (χ1) is 12.6. The monoisotopic (exact) mass is 348 g/mol. The normalized spacial score (nSPS) is 15.3. The van der Waals surface area contributed by atoms with Crippen molar-refractivity contribution in [1.29, 1.82) is 0 Å². The number of rotatable bonds is 5. The van der Waals surface area contributed by atoms with Gasteiger partial charge in [-0.2, -0.15) is 0 Å². The Morgan fingerprint density at radius 2 is 1.77 bits per heavy atom. The number of carbonyl (C=O) groups is 1. The lowest BCUT2D eigenvalue weighted by Gasteiger charge is -2.11. The molecule has 0 atom stereocenters. The summed E-state index contributed by atoms with van der Waals surface area (Å²) in [6, 6.07) is 15.4. The van der Waals surface area contributed by atoms with E-state index in [1.54, 1.807) is 25.3 Å². The average molecular weight is 348 g/mol. The molecule has 0 N–H and O–H groups in total. The van der Waals surface area contributed by atoms with Gasteiger partial charge in [0.05, 0.1) is 7.11 Å². The number of hydrogen-bond donors (Lipinski definition) is 0. The number of para-hydroxylation sites is 1. The van der Waals surface area contributed by atoms with Crippen molar-refractivity contribution in [3.63, 3.8) is 0 Å². The van der Waals surface area contributed by atoms with Crippen molar-refractivity contribution in [3.05, 3.63) is 71.4 Å². The molecular formula is C21H20N2O3. The first-order valence-corrected chi connectivity index (χ1v) is 8.18. The highest BCUT2D eigenvalue weighted by atomic mass is 16.6. The van der Waals surface area contributed by atoms with Gasteiger partial charge in [0.1, 0.15) is 5.75 Å². The fraction of sp³-hybridized carbons (Fsp3) is 0.143. The Balaban J connectivity index is 1.79. The van der Waals surface area contributed by atoms with E-state index in [0.717, 1.165) is 22.6 Å². The second kappa shape index (κ2) is 7.70. The van der Waals surface area contributed by atoms with Crippen molar-refractivity contribution < 1.29 is 14.3 Å². The Labute approximate surface area is 152 Å². The minimum atomic E-state index is -0.457. The van der Waals surface area contributed by atoms with Crippen LogP contribution in [-0.2, 0) is 9.53 Å². The Hall–Kier alpha value is -3.34. The van der Waals surface area contributed by atoms with Crippen LogP contribution in [0.15, 0.2) is 65.3 Å². The van der Waals surface area contributed by atoms with Gasteiger partial charge in [0, 0.05) is 31.4 Å². The highest BCUT2D eigenvalue weighted by molar-refractivity contribution is 6.11. The second-order valence-corrected chi connectivity index (χ2v) is 5.93. The number of aliphatic imine (C=N–C) groups is 1. The highest BCUT2D eigenvalue weighted by Gasteiger charge is 2.21. The van der Waals surface area contributed by atoms with Crippen molar-refractivity contribution in [2.75, 3.05) is 26.1 Å². The van der Waals surface area contributed by atoms with E-state index in [1.807, 2.05) is 67.5 Å². The van der Waals surface area contributed by atoms with Crippen LogP contribution in [0.4, 0.5) is 5.69 Å². The van der Waals surface area contributed by atoms with Gasteiger partial charge in [-0.15, -0.1) is 0 Å². The van der Waals surface area contributed by atoms with Crippen LogP contribution in [0.25, 0.3) is 12.2 Å². The number of methoxy groups -OCH3 is 1. The molecule has 2 aromatic rings. The molecule has 1 aliphatic rings. The predicted molar refractivity (Wildman–Crippen MR) is 104 cm³/mol. The summed E-state index contributed by atoms with van der Waals surface area (Å²) < 4.78 is 10.5. The Bertz CT molecular complexity index is 894. The maximum absolute atomic E-state index is 12.0. The molecular weight excluding hydrogens is 328 g/mol. The van der Waals surface area contributed by atoms with Gasteiger partial charge in [0.2, 0.25) is 5.90 Å². The molecule has 0 saturated heterocycles. The van der Waals surface area contributed by atoms with Crippen LogP contribution < -0.4 is 9.64 Å². The predicted octanol–water partition coefficient (Wildman–Crippen LogP) is 3.77. The molecule has 5 nitrogen and oxygen atoms in total. The first kappa shape index (κ1) is 17.5.